The third-order valence-corrected chi connectivity index (χ3v) is 2.94. The maximum Gasteiger partial charge on any atom is 0.308 e. The van der Waals surface area contributed by atoms with Crippen LogP contribution in [0.15, 0.2) is 12.3 Å². The number of carbonyl (C=O) groups is 1. The van der Waals surface area contributed by atoms with Crippen LogP contribution >= 0.6 is 0 Å². The zero-order chi connectivity index (χ0) is 11.5. The number of aliphatic carboxylic acids is 1. The monoisotopic (exact) mass is 221 g/mol. The van der Waals surface area contributed by atoms with Crippen LogP contribution < -0.4 is 5.32 Å². The van der Waals surface area contributed by atoms with Crippen LogP contribution in [0.5, 0.6) is 0 Å². The van der Waals surface area contributed by atoms with E-state index in [0.717, 1.165) is 25.0 Å². The fraction of sp³-hybridized carbons (Fsp3) is 0.545. The summed E-state index contributed by atoms with van der Waals surface area (Å²) < 4.78 is 0. The van der Waals surface area contributed by atoms with E-state index < -0.39 is 5.97 Å². The van der Waals surface area contributed by atoms with Gasteiger partial charge in [0.1, 0.15) is 0 Å². The van der Waals surface area contributed by atoms with Crippen molar-refractivity contribution in [2.24, 2.45) is 5.92 Å². The zero-order valence-electron chi connectivity index (χ0n) is 9.18. The fourth-order valence-corrected chi connectivity index (χ4v) is 2.11. The highest BCUT2D eigenvalue weighted by atomic mass is 16.4. The Hall–Kier alpha value is -1.65. The molecule has 1 fully saturated rings. The summed E-state index contributed by atoms with van der Waals surface area (Å²) in [6.45, 7) is 1.89. The Balaban J connectivity index is 2.06. The lowest BCUT2D eigenvalue weighted by atomic mass is 10.0. The third kappa shape index (κ3) is 2.29. The first-order valence-electron chi connectivity index (χ1n) is 5.46. The molecule has 2 N–H and O–H groups in total. The number of aryl methyl sites for hydroxylation is 1. The second kappa shape index (κ2) is 4.47. The van der Waals surface area contributed by atoms with Crippen LogP contribution in [0.4, 0.5) is 5.95 Å². The predicted octanol–water partition coefficient (Wildman–Crippen LogP) is 1.45. The van der Waals surface area contributed by atoms with Crippen LogP contribution in [0.1, 0.15) is 25.0 Å². The van der Waals surface area contributed by atoms with Gasteiger partial charge in [0.05, 0.1) is 5.92 Å². The molecule has 1 heterocycles. The van der Waals surface area contributed by atoms with Crippen molar-refractivity contribution in [2.45, 2.75) is 32.2 Å². The predicted molar refractivity (Wildman–Crippen MR) is 59.2 cm³/mol. The van der Waals surface area contributed by atoms with E-state index in [4.69, 9.17) is 5.11 Å². The number of hydrogen-bond acceptors (Lipinski definition) is 4. The Kier molecular flexibility index (Phi) is 3.03. The molecule has 16 heavy (non-hydrogen) atoms. The summed E-state index contributed by atoms with van der Waals surface area (Å²) in [6.07, 6.45) is 4.23. The second-order valence-corrected chi connectivity index (χ2v) is 4.15. The van der Waals surface area contributed by atoms with Gasteiger partial charge in [-0.3, -0.25) is 4.79 Å². The SMILES string of the molecule is Cc1ccnc(NC2CCCC2C(=O)O)n1. The Labute approximate surface area is 93.9 Å². The van der Waals surface area contributed by atoms with Crippen LogP contribution in [0, 0.1) is 12.8 Å². The summed E-state index contributed by atoms with van der Waals surface area (Å²) >= 11 is 0. The highest BCUT2D eigenvalue weighted by molar-refractivity contribution is 5.72. The zero-order valence-corrected chi connectivity index (χ0v) is 9.18. The maximum atomic E-state index is 11.0. The smallest absolute Gasteiger partial charge is 0.308 e. The lowest BCUT2D eigenvalue weighted by Crippen LogP contribution is -2.30. The molecule has 5 heteroatoms. The number of hydrogen-bond donors (Lipinski definition) is 2. The molecule has 0 aliphatic heterocycles. The highest BCUT2D eigenvalue weighted by Crippen LogP contribution is 2.27. The van der Waals surface area contributed by atoms with Gasteiger partial charge in [-0.15, -0.1) is 0 Å². The minimum absolute atomic E-state index is 0.0423. The van der Waals surface area contributed by atoms with E-state index in [-0.39, 0.29) is 12.0 Å². The third-order valence-electron chi connectivity index (χ3n) is 2.94. The first kappa shape index (κ1) is 10.9. The van der Waals surface area contributed by atoms with Crippen LogP contribution in [-0.2, 0) is 4.79 Å². The maximum absolute atomic E-state index is 11.0. The minimum Gasteiger partial charge on any atom is -0.481 e. The van der Waals surface area contributed by atoms with Crippen molar-refractivity contribution in [1.82, 2.24) is 9.97 Å². The van der Waals surface area contributed by atoms with E-state index in [1.165, 1.54) is 0 Å². The fourth-order valence-electron chi connectivity index (χ4n) is 2.11. The van der Waals surface area contributed by atoms with Gasteiger partial charge in [-0.1, -0.05) is 6.42 Å². The van der Waals surface area contributed by atoms with Gasteiger partial charge in [0, 0.05) is 17.9 Å². The molecule has 2 atom stereocenters. The van der Waals surface area contributed by atoms with Crippen molar-refractivity contribution in [1.29, 1.82) is 0 Å². The average Bonchev–Trinajstić information content (AvgIpc) is 2.66. The highest BCUT2D eigenvalue weighted by Gasteiger charge is 2.33. The number of carboxylic acids is 1. The summed E-state index contributed by atoms with van der Waals surface area (Å²) in [6, 6.07) is 1.77. The molecule has 0 saturated heterocycles. The Bertz CT molecular complexity index is 395. The van der Waals surface area contributed by atoms with Crippen LogP contribution in [0.3, 0.4) is 0 Å². The largest absolute Gasteiger partial charge is 0.481 e. The van der Waals surface area contributed by atoms with E-state index in [2.05, 4.69) is 15.3 Å². The molecule has 1 saturated carbocycles. The molecule has 1 aliphatic carbocycles. The number of anilines is 1. The molecule has 0 bridgehead atoms. The lowest BCUT2D eigenvalue weighted by molar-refractivity contribution is -0.141. The van der Waals surface area contributed by atoms with Crippen molar-refractivity contribution in [3.63, 3.8) is 0 Å². The van der Waals surface area contributed by atoms with E-state index in [9.17, 15) is 4.79 Å². The van der Waals surface area contributed by atoms with Gasteiger partial charge in [0.25, 0.3) is 0 Å². The molecule has 2 unspecified atom stereocenters. The average molecular weight is 221 g/mol. The number of rotatable bonds is 3. The molecule has 2 rings (SSSR count). The first-order valence-corrected chi connectivity index (χ1v) is 5.46. The molecule has 0 radical (unpaired) electrons. The van der Waals surface area contributed by atoms with Crippen LogP contribution in [0.2, 0.25) is 0 Å². The normalized spacial score (nSPS) is 24.3. The summed E-state index contributed by atoms with van der Waals surface area (Å²) in [5.74, 6) is -0.523. The lowest BCUT2D eigenvalue weighted by Gasteiger charge is -2.17. The van der Waals surface area contributed by atoms with Gasteiger partial charge < -0.3 is 10.4 Å². The van der Waals surface area contributed by atoms with Crippen molar-refractivity contribution >= 4 is 11.9 Å². The summed E-state index contributed by atoms with van der Waals surface area (Å²) in [7, 11) is 0. The topological polar surface area (TPSA) is 75.1 Å². The molecule has 1 aromatic heterocycles. The van der Waals surface area contributed by atoms with Gasteiger partial charge in [-0.25, -0.2) is 9.97 Å². The van der Waals surface area contributed by atoms with Crippen molar-refractivity contribution in [3.8, 4) is 0 Å². The molecule has 0 spiro atoms. The van der Waals surface area contributed by atoms with E-state index in [0.29, 0.717) is 5.95 Å². The Morgan fingerprint density at radius 2 is 2.38 bits per heavy atom. The van der Waals surface area contributed by atoms with Crippen molar-refractivity contribution < 1.29 is 9.90 Å². The summed E-state index contributed by atoms with van der Waals surface area (Å²) in [5, 5.41) is 12.1. The van der Waals surface area contributed by atoms with Gasteiger partial charge in [-0.05, 0) is 25.8 Å². The Morgan fingerprint density at radius 1 is 1.56 bits per heavy atom. The standard InChI is InChI=1S/C11H15N3O2/c1-7-5-6-12-11(13-7)14-9-4-2-3-8(9)10(15)16/h5-6,8-9H,2-4H2,1H3,(H,15,16)(H,12,13,14). The van der Waals surface area contributed by atoms with Crippen LogP contribution in [-0.4, -0.2) is 27.1 Å². The van der Waals surface area contributed by atoms with Gasteiger partial charge in [0.2, 0.25) is 5.95 Å². The molecule has 86 valence electrons. The Morgan fingerprint density at radius 3 is 3.06 bits per heavy atom. The summed E-state index contributed by atoms with van der Waals surface area (Å²) in [4.78, 5) is 19.3. The molecule has 0 amide bonds. The first-order chi connectivity index (χ1) is 7.66. The summed E-state index contributed by atoms with van der Waals surface area (Å²) in [5.41, 5.74) is 0.877. The molecule has 5 nitrogen and oxygen atoms in total. The number of carboxylic acid groups (broad SMARTS) is 1. The van der Waals surface area contributed by atoms with E-state index >= 15 is 0 Å². The van der Waals surface area contributed by atoms with E-state index in [1.54, 1.807) is 6.20 Å². The molecule has 0 aromatic carbocycles. The van der Waals surface area contributed by atoms with E-state index in [1.807, 2.05) is 13.0 Å². The number of nitrogens with one attached hydrogen (secondary N) is 1. The number of aromatic nitrogens is 2. The van der Waals surface area contributed by atoms with Gasteiger partial charge in [0.15, 0.2) is 0 Å². The number of nitrogens with zero attached hydrogens (tertiary/aromatic N) is 2. The molecular weight excluding hydrogens is 206 g/mol. The van der Waals surface area contributed by atoms with Gasteiger partial charge >= 0.3 is 5.97 Å². The second-order valence-electron chi connectivity index (χ2n) is 4.15. The van der Waals surface area contributed by atoms with Gasteiger partial charge in [-0.2, -0.15) is 0 Å². The molecule has 1 aromatic rings. The molecular formula is C11H15N3O2. The van der Waals surface area contributed by atoms with Crippen LogP contribution in [0.25, 0.3) is 0 Å². The minimum atomic E-state index is -0.734. The quantitative estimate of drug-likeness (QED) is 0.808. The van der Waals surface area contributed by atoms with Crippen molar-refractivity contribution in [2.75, 3.05) is 5.32 Å². The molecule has 1 aliphatic rings. The van der Waals surface area contributed by atoms with Crippen molar-refractivity contribution in [3.05, 3.63) is 18.0 Å².